The SMILES string of the molecule is CCCCCCCC/C=C\CCCCCCCC(=O)OC[C@H]1O[C@@H](n2cc(F)c(=O)[nH]c2=O)C[C@@H]1OC(=O)CCCCCCC/C=C\CCCCCCCC. The summed E-state index contributed by atoms with van der Waals surface area (Å²) in [6.45, 7) is 4.33. The number of aromatic nitrogens is 2. The van der Waals surface area contributed by atoms with Crippen LogP contribution in [0.2, 0.25) is 0 Å². The molecule has 10 heteroatoms. The quantitative estimate of drug-likeness (QED) is 0.0421. The second-order valence-corrected chi connectivity index (χ2v) is 15.4. The van der Waals surface area contributed by atoms with Gasteiger partial charge in [0.1, 0.15) is 25.0 Å². The van der Waals surface area contributed by atoms with Crippen LogP contribution in [0, 0.1) is 5.82 Å². The molecule has 9 nitrogen and oxygen atoms in total. The lowest BCUT2D eigenvalue weighted by Crippen LogP contribution is -2.34. The fraction of sp³-hybridized carbons (Fsp3) is 0.778. The maximum atomic E-state index is 14.1. The molecule has 1 fully saturated rings. The van der Waals surface area contributed by atoms with Gasteiger partial charge in [-0.25, -0.2) is 4.79 Å². The average molecular weight is 775 g/mol. The fourth-order valence-corrected chi connectivity index (χ4v) is 6.98. The Balaban J connectivity index is 1.66. The van der Waals surface area contributed by atoms with Crippen LogP contribution >= 0.6 is 0 Å². The van der Waals surface area contributed by atoms with Gasteiger partial charge in [0, 0.05) is 19.3 Å². The average Bonchev–Trinajstić information content (AvgIpc) is 3.57. The lowest BCUT2D eigenvalue weighted by molar-refractivity contribution is -0.158. The smallest absolute Gasteiger partial charge is 0.330 e. The summed E-state index contributed by atoms with van der Waals surface area (Å²) in [6, 6.07) is 0. The van der Waals surface area contributed by atoms with Crippen molar-refractivity contribution in [3.05, 3.63) is 57.2 Å². The zero-order chi connectivity index (χ0) is 39.8. The van der Waals surface area contributed by atoms with Crippen LogP contribution in [0.5, 0.6) is 0 Å². The number of hydrogen-bond donors (Lipinski definition) is 1. The predicted molar refractivity (Wildman–Crippen MR) is 220 cm³/mol. The summed E-state index contributed by atoms with van der Waals surface area (Å²) in [6.07, 6.45) is 38.3. The minimum atomic E-state index is -1.13. The first-order valence-electron chi connectivity index (χ1n) is 22.2. The zero-order valence-electron chi connectivity index (χ0n) is 34.5. The van der Waals surface area contributed by atoms with Gasteiger partial charge in [-0.1, -0.05) is 141 Å². The summed E-state index contributed by atoms with van der Waals surface area (Å²) in [5.41, 5.74) is -1.96. The van der Waals surface area contributed by atoms with E-state index in [4.69, 9.17) is 14.2 Å². The van der Waals surface area contributed by atoms with Crippen LogP contribution in [0.15, 0.2) is 40.1 Å². The van der Waals surface area contributed by atoms with Crippen molar-refractivity contribution in [3.8, 4) is 0 Å². The zero-order valence-corrected chi connectivity index (χ0v) is 34.5. The molecule has 2 heterocycles. The van der Waals surface area contributed by atoms with Crippen molar-refractivity contribution >= 4 is 11.9 Å². The minimum absolute atomic E-state index is 0.0555. The predicted octanol–water partition coefficient (Wildman–Crippen LogP) is 11.5. The van der Waals surface area contributed by atoms with E-state index in [9.17, 15) is 23.6 Å². The number of carbonyl (C=O) groups excluding carboxylic acids is 2. The Labute approximate surface area is 331 Å². The van der Waals surface area contributed by atoms with Gasteiger partial charge >= 0.3 is 17.6 Å². The lowest BCUT2D eigenvalue weighted by atomic mass is 10.1. The van der Waals surface area contributed by atoms with Crippen LogP contribution < -0.4 is 11.2 Å². The van der Waals surface area contributed by atoms with Gasteiger partial charge in [-0.2, -0.15) is 4.39 Å². The molecule has 1 aliphatic heterocycles. The van der Waals surface area contributed by atoms with E-state index in [2.05, 4.69) is 38.2 Å². The molecule has 1 N–H and O–H groups in total. The second kappa shape index (κ2) is 32.1. The number of nitrogens with one attached hydrogen (secondary N) is 1. The topological polar surface area (TPSA) is 117 Å². The number of allylic oxidation sites excluding steroid dienone is 4. The van der Waals surface area contributed by atoms with Crippen LogP contribution in [0.25, 0.3) is 0 Å². The molecule has 0 aliphatic carbocycles. The van der Waals surface area contributed by atoms with Gasteiger partial charge < -0.3 is 14.2 Å². The van der Waals surface area contributed by atoms with Gasteiger partial charge in [0.15, 0.2) is 0 Å². The van der Waals surface area contributed by atoms with Crippen molar-refractivity contribution in [2.75, 3.05) is 6.61 Å². The Morgan fingerprint density at radius 2 is 1.13 bits per heavy atom. The van der Waals surface area contributed by atoms with Crippen molar-refractivity contribution in [1.29, 1.82) is 0 Å². The van der Waals surface area contributed by atoms with Gasteiger partial charge in [-0.3, -0.25) is 23.9 Å². The van der Waals surface area contributed by atoms with Gasteiger partial charge in [0.25, 0.3) is 5.56 Å². The van der Waals surface area contributed by atoms with Crippen LogP contribution in [0.3, 0.4) is 0 Å². The van der Waals surface area contributed by atoms with Crippen molar-refractivity contribution < 1.29 is 28.2 Å². The van der Waals surface area contributed by atoms with E-state index in [1.54, 1.807) is 0 Å². The van der Waals surface area contributed by atoms with E-state index in [0.717, 1.165) is 81.4 Å². The number of nitrogens with zero attached hydrogens (tertiary/aromatic N) is 1. The third-order valence-electron chi connectivity index (χ3n) is 10.4. The number of hydrogen-bond acceptors (Lipinski definition) is 7. The van der Waals surface area contributed by atoms with Crippen LogP contribution in [-0.2, 0) is 23.8 Å². The number of esters is 2. The molecule has 0 radical (unpaired) electrons. The molecular weight excluding hydrogens is 699 g/mol. The monoisotopic (exact) mass is 775 g/mol. The number of aromatic amines is 1. The number of rotatable bonds is 34. The maximum Gasteiger partial charge on any atom is 0.330 e. The van der Waals surface area contributed by atoms with E-state index in [1.165, 1.54) is 89.9 Å². The van der Waals surface area contributed by atoms with Crippen LogP contribution in [0.4, 0.5) is 4.39 Å². The number of ether oxygens (including phenoxy) is 3. The van der Waals surface area contributed by atoms with Gasteiger partial charge in [0.05, 0.1) is 6.20 Å². The number of H-pyrrole nitrogens is 1. The first-order chi connectivity index (χ1) is 26.8. The highest BCUT2D eigenvalue weighted by Crippen LogP contribution is 2.31. The molecule has 1 aromatic heterocycles. The largest absolute Gasteiger partial charge is 0.463 e. The summed E-state index contributed by atoms with van der Waals surface area (Å²) < 4.78 is 32.2. The highest BCUT2D eigenvalue weighted by atomic mass is 19.1. The second-order valence-electron chi connectivity index (χ2n) is 15.4. The van der Waals surface area contributed by atoms with E-state index in [-0.39, 0.29) is 31.8 Å². The highest BCUT2D eigenvalue weighted by Gasteiger charge is 2.40. The molecular formula is C45H75FN2O7. The van der Waals surface area contributed by atoms with E-state index in [1.807, 2.05) is 4.98 Å². The Bertz CT molecular complexity index is 1320. The molecule has 3 atom stereocenters. The number of carbonyl (C=O) groups is 2. The molecule has 0 aromatic carbocycles. The van der Waals surface area contributed by atoms with Crippen molar-refractivity contribution in [1.82, 2.24) is 9.55 Å². The molecule has 1 saturated heterocycles. The number of unbranched alkanes of at least 4 members (excludes halogenated alkanes) is 22. The normalized spacial score (nSPS) is 17.1. The minimum Gasteiger partial charge on any atom is -0.463 e. The fourth-order valence-electron chi connectivity index (χ4n) is 6.98. The summed E-state index contributed by atoms with van der Waals surface area (Å²) in [7, 11) is 0. The lowest BCUT2D eigenvalue weighted by Gasteiger charge is -2.19. The molecule has 1 aromatic rings. The summed E-state index contributed by atoms with van der Waals surface area (Å²) in [4.78, 5) is 51.3. The molecule has 1 aliphatic rings. The van der Waals surface area contributed by atoms with Crippen molar-refractivity contribution in [2.45, 2.75) is 218 Å². The third-order valence-corrected chi connectivity index (χ3v) is 10.4. The molecule has 0 saturated carbocycles. The Kier molecular flexibility index (Phi) is 28.1. The van der Waals surface area contributed by atoms with Crippen LogP contribution in [0.1, 0.15) is 206 Å². The van der Waals surface area contributed by atoms with E-state index < -0.39 is 41.5 Å². The number of halogens is 1. The Morgan fingerprint density at radius 3 is 1.62 bits per heavy atom. The molecule has 0 amide bonds. The molecule has 0 spiro atoms. The van der Waals surface area contributed by atoms with Gasteiger partial charge in [0.2, 0.25) is 5.82 Å². The van der Waals surface area contributed by atoms with Gasteiger partial charge in [-0.15, -0.1) is 0 Å². The first kappa shape index (κ1) is 48.1. The van der Waals surface area contributed by atoms with Gasteiger partial charge in [-0.05, 0) is 64.2 Å². The van der Waals surface area contributed by atoms with Crippen molar-refractivity contribution in [2.24, 2.45) is 0 Å². The molecule has 2 rings (SSSR count). The summed E-state index contributed by atoms with van der Waals surface area (Å²) >= 11 is 0. The molecule has 55 heavy (non-hydrogen) atoms. The Hall–Kier alpha value is -3.01. The summed E-state index contributed by atoms with van der Waals surface area (Å²) in [5.74, 6) is -1.89. The third kappa shape index (κ3) is 23.6. The van der Waals surface area contributed by atoms with E-state index >= 15 is 0 Å². The molecule has 314 valence electrons. The standard InChI is InChI=1S/C45H75FN2O7/c1-3-5-7-9-11-13-15-17-19-21-23-25-27-29-31-33-42(49)53-37-40-39(35-41(54-40)48-36-38(46)44(51)47-45(48)52)55-43(50)34-32-30-28-26-24-22-20-18-16-14-12-10-8-6-4-2/h17-20,36,39-41H,3-16,21-35,37H2,1-2H3,(H,47,51,52)/b19-17-,20-18-/t39-,40+,41+/m0/s1. The summed E-state index contributed by atoms with van der Waals surface area (Å²) in [5, 5.41) is 0. The van der Waals surface area contributed by atoms with Crippen LogP contribution in [-0.4, -0.2) is 40.3 Å². The molecule has 0 unspecified atom stereocenters. The first-order valence-corrected chi connectivity index (χ1v) is 22.2. The maximum absolute atomic E-state index is 14.1. The van der Waals surface area contributed by atoms with E-state index in [0.29, 0.717) is 6.42 Å². The van der Waals surface area contributed by atoms with Crippen molar-refractivity contribution in [3.63, 3.8) is 0 Å². The highest BCUT2D eigenvalue weighted by molar-refractivity contribution is 5.70. The Morgan fingerprint density at radius 1 is 0.691 bits per heavy atom. The molecule has 0 bridgehead atoms.